The number of fused-ring (bicyclic) bond motifs is 4. The lowest BCUT2D eigenvalue weighted by Crippen LogP contribution is -2.40. The van der Waals surface area contributed by atoms with Gasteiger partial charge in [-0.3, -0.25) is 0 Å². The Kier molecular flexibility index (Phi) is 10.4. The van der Waals surface area contributed by atoms with Gasteiger partial charge >= 0.3 is 0 Å². The zero-order valence-corrected chi connectivity index (χ0v) is 38.7. The highest BCUT2D eigenvalue weighted by atomic mass is 14.4. The van der Waals surface area contributed by atoms with Gasteiger partial charge in [-0.15, -0.1) is 0 Å². The number of allylic oxidation sites excluding steroid dienone is 4. The molecular weight excluding hydrogens is 841 g/mol. The van der Waals surface area contributed by atoms with Crippen LogP contribution in [0.4, 0.5) is 0 Å². The van der Waals surface area contributed by atoms with Gasteiger partial charge in [-0.05, 0) is 121 Å². The zero-order valence-electron chi connectivity index (χ0n) is 38.7. The predicted molar refractivity (Wildman–Crippen MR) is 296 cm³/mol. The van der Waals surface area contributed by atoms with Crippen LogP contribution in [-0.2, 0) is 0 Å². The molecule has 11 aromatic carbocycles. The normalized spacial score (nSPS) is 15.0. The lowest BCUT2D eigenvalue weighted by molar-refractivity contribution is 0.686. The Hall–Kier alpha value is -8.84. The molecule has 2 atom stereocenters. The number of benzene rings is 11. The van der Waals surface area contributed by atoms with Crippen LogP contribution in [0.15, 0.2) is 279 Å². The molecule has 0 nitrogen and oxygen atoms in total. The fourth-order valence-electron chi connectivity index (χ4n) is 11.6. The minimum absolute atomic E-state index is 0.171. The van der Waals surface area contributed by atoms with Gasteiger partial charge in [-0.2, -0.15) is 0 Å². The molecule has 0 aliphatic heterocycles. The lowest BCUT2D eigenvalue weighted by Gasteiger charge is -2.34. The second kappa shape index (κ2) is 17.7. The summed E-state index contributed by atoms with van der Waals surface area (Å²) in [5.74, 6) is 0.342. The minimum atomic E-state index is 0.171. The van der Waals surface area contributed by atoms with Crippen LogP contribution >= 0.6 is 0 Å². The first-order valence-corrected chi connectivity index (χ1v) is 24.5. The van der Waals surface area contributed by atoms with Gasteiger partial charge in [0.05, 0.1) is 0 Å². The number of rotatable bonds is 8. The second-order valence-corrected chi connectivity index (χ2v) is 18.6. The monoisotopic (exact) mass is 888 g/mol. The fraction of sp³-hybridized carbons (Fsp3) is 0.0286. The largest absolute Gasteiger partial charge is 0.0760 e. The van der Waals surface area contributed by atoms with E-state index in [4.69, 9.17) is 0 Å². The van der Waals surface area contributed by atoms with E-state index in [-0.39, 0.29) is 11.8 Å². The molecule has 0 heterocycles. The van der Waals surface area contributed by atoms with Crippen molar-refractivity contribution in [1.82, 2.24) is 0 Å². The molecule has 13 rings (SSSR count). The molecule has 0 N–H and O–H groups in total. The Morgan fingerprint density at radius 3 is 1.04 bits per heavy atom. The van der Waals surface area contributed by atoms with Gasteiger partial charge in [0.1, 0.15) is 0 Å². The van der Waals surface area contributed by atoms with Crippen molar-refractivity contribution in [2.75, 3.05) is 0 Å². The predicted octanol–water partition coefficient (Wildman–Crippen LogP) is 16.8. The van der Waals surface area contributed by atoms with Gasteiger partial charge in [0.2, 0.25) is 0 Å². The van der Waals surface area contributed by atoms with E-state index in [9.17, 15) is 0 Å². The Morgan fingerprint density at radius 2 is 0.529 bits per heavy atom. The average Bonchev–Trinajstić information content (AvgIpc) is 3.44. The van der Waals surface area contributed by atoms with Crippen molar-refractivity contribution in [1.29, 1.82) is 0 Å². The standard InChI is InChI=1S/C70H48/c1-3-19-47(20-4-1)49-35-39-51(40-36-49)55-23-7-9-25-57(55)69-63-31-15-11-27-59(63)67(60-28-12-16-32-64(60)69)53-43-45-54(46-44-53)68-61-29-13-17-33-65(61)70(66-34-18-14-30-62(66)68)58-26-10-8-24-56(58)52-41-37-50(38-42-52)48-21-5-2-6-22-48/h1-46,59,63H. The molecule has 0 spiro atoms. The van der Waals surface area contributed by atoms with E-state index >= 15 is 0 Å². The summed E-state index contributed by atoms with van der Waals surface area (Å²) in [5, 5.41) is 7.61. The van der Waals surface area contributed by atoms with E-state index in [1.807, 2.05) is 0 Å². The molecular formula is C70H48. The van der Waals surface area contributed by atoms with Gasteiger partial charge in [0, 0.05) is 11.8 Å². The summed E-state index contributed by atoms with van der Waals surface area (Å²) in [6.07, 6.45) is 9.34. The molecule has 0 saturated carbocycles. The molecule has 70 heavy (non-hydrogen) atoms. The van der Waals surface area contributed by atoms with Crippen molar-refractivity contribution < 1.29 is 0 Å². The molecule has 0 heteroatoms. The van der Waals surface area contributed by atoms with Crippen LogP contribution in [0.3, 0.4) is 0 Å². The van der Waals surface area contributed by atoms with E-state index in [2.05, 4.69) is 279 Å². The molecule has 0 saturated heterocycles. The third-order valence-electron chi connectivity index (χ3n) is 14.7. The molecule has 0 bridgehead atoms. The Labute approximate surface area is 409 Å². The first-order chi connectivity index (χ1) is 34.8. The third kappa shape index (κ3) is 7.16. The molecule has 0 amide bonds. The molecule has 2 aliphatic carbocycles. The summed E-state index contributed by atoms with van der Waals surface area (Å²) in [6.45, 7) is 0. The molecule has 11 aromatic rings. The summed E-state index contributed by atoms with van der Waals surface area (Å²) in [7, 11) is 0. The summed E-state index contributed by atoms with van der Waals surface area (Å²) < 4.78 is 0. The lowest BCUT2D eigenvalue weighted by atomic mass is 9.69. The van der Waals surface area contributed by atoms with Crippen molar-refractivity contribution in [3.8, 4) is 66.8 Å². The molecule has 2 unspecified atom stereocenters. The second-order valence-electron chi connectivity index (χ2n) is 18.6. The number of hydrogen-bond acceptors (Lipinski definition) is 0. The van der Waals surface area contributed by atoms with Crippen LogP contribution in [0.2, 0.25) is 0 Å². The first-order valence-electron chi connectivity index (χ1n) is 24.5. The van der Waals surface area contributed by atoms with E-state index in [1.165, 1.54) is 121 Å². The van der Waals surface area contributed by atoms with Crippen LogP contribution in [0.25, 0.3) is 99.5 Å². The van der Waals surface area contributed by atoms with Crippen molar-refractivity contribution in [3.05, 3.63) is 301 Å². The molecule has 328 valence electrons. The molecule has 2 aliphatic rings. The maximum atomic E-state index is 2.43. The van der Waals surface area contributed by atoms with E-state index in [0.717, 1.165) is 0 Å². The Morgan fingerprint density at radius 1 is 0.200 bits per heavy atom. The molecule has 0 aromatic heterocycles. The van der Waals surface area contributed by atoms with Gasteiger partial charge < -0.3 is 0 Å². The number of hydrogen-bond donors (Lipinski definition) is 0. The van der Waals surface area contributed by atoms with Crippen molar-refractivity contribution in [3.63, 3.8) is 0 Å². The van der Waals surface area contributed by atoms with Crippen LogP contribution < -0.4 is 10.4 Å². The van der Waals surface area contributed by atoms with Gasteiger partial charge in [0.25, 0.3) is 0 Å². The minimum Gasteiger partial charge on any atom is -0.0760 e. The van der Waals surface area contributed by atoms with Crippen LogP contribution in [0.1, 0.15) is 11.1 Å². The summed E-state index contributed by atoms with van der Waals surface area (Å²) in [4.78, 5) is 0. The quantitative estimate of drug-likeness (QED) is 0.133. The van der Waals surface area contributed by atoms with Gasteiger partial charge in [-0.1, -0.05) is 279 Å². The zero-order chi connectivity index (χ0) is 46.4. The maximum Gasteiger partial charge on any atom is 0.0137 e. The van der Waals surface area contributed by atoms with E-state index in [0.29, 0.717) is 0 Å². The van der Waals surface area contributed by atoms with E-state index in [1.54, 1.807) is 0 Å². The molecule has 0 fully saturated rings. The highest BCUT2D eigenvalue weighted by molar-refractivity contribution is 6.22. The van der Waals surface area contributed by atoms with Gasteiger partial charge in [0.15, 0.2) is 0 Å². The SMILES string of the molecule is C1=CC2C(c3ccc(-c4c5ccccc5c(-c5ccccc5-c5ccc(-c6ccccc6)cc5)c5ccccc45)cc3)=c3ccccc3=C(c3ccccc3-c3ccc(-c4ccccc4)cc3)C2C=C1. The first kappa shape index (κ1) is 41.4. The van der Waals surface area contributed by atoms with Crippen molar-refractivity contribution in [2.45, 2.75) is 0 Å². The van der Waals surface area contributed by atoms with Crippen LogP contribution in [-0.4, -0.2) is 0 Å². The Bertz CT molecular complexity index is 3890. The van der Waals surface area contributed by atoms with Crippen LogP contribution in [0.5, 0.6) is 0 Å². The van der Waals surface area contributed by atoms with Crippen LogP contribution in [0, 0.1) is 11.8 Å². The summed E-state index contributed by atoms with van der Waals surface area (Å²) in [5.41, 5.74) is 20.1. The highest BCUT2D eigenvalue weighted by Crippen LogP contribution is 2.47. The van der Waals surface area contributed by atoms with Gasteiger partial charge in [-0.25, -0.2) is 0 Å². The maximum absolute atomic E-state index is 2.43. The average molecular weight is 889 g/mol. The summed E-state index contributed by atoms with van der Waals surface area (Å²) in [6, 6.07) is 93.9. The van der Waals surface area contributed by atoms with Crippen molar-refractivity contribution in [2.24, 2.45) is 11.8 Å². The highest BCUT2D eigenvalue weighted by Gasteiger charge is 2.33. The Balaban J connectivity index is 0.937. The molecule has 0 radical (unpaired) electrons. The smallest absolute Gasteiger partial charge is 0.0137 e. The fourth-order valence-corrected chi connectivity index (χ4v) is 11.6. The van der Waals surface area contributed by atoms with E-state index < -0.39 is 0 Å². The topological polar surface area (TPSA) is 0 Å². The van der Waals surface area contributed by atoms with Crippen molar-refractivity contribution >= 4 is 32.7 Å². The third-order valence-corrected chi connectivity index (χ3v) is 14.7. The summed E-state index contributed by atoms with van der Waals surface area (Å²) >= 11 is 0.